The Labute approximate surface area is 205 Å². The van der Waals surface area contributed by atoms with E-state index in [9.17, 15) is 9.18 Å². The highest BCUT2D eigenvalue weighted by Crippen LogP contribution is 2.36. The summed E-state index contributed by atoms with van der Waals surface area (Å²) in [5.41, 5.74) is 2.28. The molecule has 0 spiro atoms. The number of hydrogen-bond acceptors (Lipinski definition) is 4. The first-order valence-corrected chi connectivity index (χ1v) is 14.7. The molecular weight excluding hydrogens is 449 g/mol. The van der Waals surface area contributed by atoms with Gasteiger partial charge in [-0.1, -0.05) is 32.9 Å². The van der Waals surface area contributed by atoms with Crippen molar-refractivity contribution in [3.63, 3.8) is 0 Å². The van der Waals surface area contributed by atoms with Gasteiger partial charge in [0.05, 0.1) is 20.8 Å². The van der Waals surface area contributed by atoms with Gasteiger partial charge in [-0.15, -0.1) is 0 Å². The maximum Gasteiger partial charge on any atom is 0.254 e. The standard InChI is InChI=1S/C27H40FNO4Si/c1-20-24(31-5)18-22(19-25(20)32-6)26(30)29(15-16-33-34(7,8)27(2,3)4)14-10-12-21-11-9-13-23(28)17-21/h9,11,13,17-19H,10,12,14-16H2,1-8H3. The Morgan fingerprint density at radius 3 is 2.18 bits per heavy atom. The summed E-state index contributed by atoms with van der Waals surface area (Å²) < 4.78 is 30.8. The topological polar surface area (TPSA) is 48.0 Å². The lowest BCUT2D eigenvalue weighted by Crippen LogP contribution is -2.43. The molecule has 188 valence electrons. The molecule has 5 nitrogen and oxygen atoms in total. The summed E-state index contributed by atoms with van der Waals surface area (Å²) in [6.07, 6.45) is 1.40. The molecule has 0 aliphatic heterocycles. The number of rotatable bonds is 11. The minimum absolute atomic E-state index is 0.0942. The third-order valence-electron chi connectivity index (χ3n) is 6.70. The normalized spacial score (nSPS) is 11.9. The van der Waals surface area contributed by atoms with Gasteiger partial charge in [-0.25, -0.2) is 4.39 Å². The zero-order chi connectivity index (χ0) is 25.5. The zero-order valence-corrected chi connectivity index (χ0v) is 23.0. The van der Waals surface area contributed by atoms with Gasteiger partial charge in [0.25, 0.3) is 5.91 Å². The van der Waals surface area contributed by atoms with Crippen LogP contribution in [0.4, 0.5) is 4.39 Å². The number of carbonyl (C=O) groups is 1. The van der Waals surface area contributed by atoms with Crippen molar-refractivity contribution in [3.05, 3.63) is 58.9 Å². The van der Waals surface area contributed by atoms with Crippen LogP contribution in [0.1, 0.15) is 48.7 Å². The molecule has 1 amide bonds. The van der Waals surface area contributed by atoms with E-state index in [2.05, 4.69) is 33.9 Å². The zero-order valence-electron chi connectivity index (χ0n) is 22.0. The molecule has 7 heteroatoms. The monoisotopic (exact) mass is 489 g/mol. The van der Waals surface area contributed by atoms with E-state index >= 15 is 0 Å². The molecule has 0 bridgehead atoms. The van der Waals surface area contributed by atoms with E-state index in [1.54, 1.807) is 38.5 Å². The van der Waals surface area contributed by atoms with Gasteiger partial charge < -0.3 is 18.8 Å². The van der Waals surface area contributed by atoms with Gasteiger partial charge in [-0.05, 0) is 67.7 Å². The summed E-state index contributed by atoms with van der Waals surface area (Å²) >= 11 is 0. The smallest absolute Gasteiger partial charge is 0.254 e. The summed E-state index contributed by atoms with van der Waals surface area (Å²) in [6.45, 7) is 14.4. The number of hydrogen-bond donors (Lipinski definition) is 0. The number of benzene rings is 2. The van der Waals surface area contributed by atoms with Crippen LogP contribution >= 0.6 is 0 Å². The number of nitrogens with zero attached hydrogens (tertiary/aromatic N) is 1. The van der Waals surface area contributed by atoms with Crippen LogP contribution in [0.2, 0.25) is 18.1 Å². The van der Waals surface area contributed by atoms with Gasteiger partial charge in [-0.2, -0.15) is 0 Å². The van der Waals surface area contributed by atoms with E-state index in [1.807, 2.05) is 17.9 Å². The van der Waals surface area contributed by atoms with Crippen molar-refractivity contribution < 1.29 is 23.1 Å². The summed E-state index contributed by atoms with van der Waals surface area (Å²) in [4.78, 5) is 15.4. The van der Waals surface area contributed by atoms with Gasteiger partial charge in [0.2, 0.25) is 0 Å². The van der Waals surface area contributed by atoms with Crippen LogP contribution in [0, 0.1) is 12.7 Å². The molecule has 0 fully saturated rings. The molecule has 2 aromatic rings. The van der Waals surface area contributed by atoms with Crippen molar-refractivity contribution >= 4 is 14.2 Å². The average Bonchev–Trinajstić information content (AvgIpc) is 2.77. The highest BCUT2D eigenvalue weighted by atomic mass is 28.4. The summed E-state index contributed by atoms with van der Waals surface area (Å²) in [5.74, 6) is 0.876. The Morgan fingerprint density at radius 2 is 1.65 bits per heavy atom. The SMILES string of the molecule is COc1cc(C(=O)N(CCCc2cccc(F)c2)CCO[Si](C)(C)C(C)(C)C)cc(OC)c1C. The number of methoxy groups -OCH3 is 2. The summed E-state index contributed by atoms with van der Waals surface area (Å²) in [6, 6.07) is 10.1. The first kappa shape index (κ1) is 27.9. The largest absolute Gasteiger partial charge is 0.496 e. The molecule has 0 N–H and O–H groups in total. The van der Waals surface area contributed by atoms with Crippen molar-refractivity contribution in [2.75, 3.05) is 33.9 Å². The molecule has 0 atom stereocenters. The molecule has 0 aliphatic rings. The first-order chi connectivity index (χ1) is 15.9. The quantitative estimate of drug-likeness (QED) is 0.350. The average molecular weight is 490 g/mol. The predicted molar refractivity (Wildman–Crippen MR) is 138 cm³/mol. The van der Waals surface area contributed by atoms with Gasteiger partial charge in [0, 0.05) is 24.2 Å². The second-order valence-corrected chi connectivity index (χ2v) is 14.9. The third kappa shape index (κ3) is 7.31. The first-order valence-electron chi connectivity index (χ1n) is 11.8. The van der Waals surface area contributed by atoms with Crippen LogP contribution in [0.25, 0.3) is 0 Å². The summed E-state index contributed by atoms with van der Waals surface area (Å²) in [7, 11) is 1.23. The van der Waals surface area contributed by atoms with E-state index in [4.69, 9.17) is 13.9 Å². The second kappa shape index (κ2) is 11.8. The van der Waals surface area contributed by atoms with Crippen molar-refractivity contribution in [3.8, 4) is 11.5 Å². The van der Waals surface area contributed by atoms with E-state index in [0.717, 1.165) is 17.5 Å². The fraction of sp³-hybridized carbons (Fsp3) is 0.519. The maximum absolute atomic E-state index is 13.6. The van der Waals surface area contributed by atoms with E-state index in [0.29, 0.717) is 43.2 Å². The number of halogens is 1. The number of ether oxygens (including phenoxy) is 2. The van der Waals surface area contributed by atoms with Crippen LogP contribution < -0.4 is 9.47 Å². The lowest BCUT2D eigenvalue weighted by Gasteiger charge is -2.37. The van der Waals surface area contributed by atoms with Crippen LogP contribution in [-0.2, 0) is 10.8 Å². The number of amides is 1. The van der Waals surface area contributed by atoms with E-state index in [-0.39, 0.29) is 16.8 Å². The summed E-state index contributed by atoms with van der Waals surface area (Å²) in [5, 5.41) is 0.0942. The van der Waals surface area contributed by atoms with Crippen molar-refractivity contribution in [2.45, 2.75) is 58.7 Å². The highest BCUT2D eigenvalue weighted by molar-refractivity contribution is 6.74. The van der Waals surface area contributed by atoms with Crippen LogP contribution in [-0.4, -0.2) is 53.0 Å². The Morgan fingerprint density at radius 1 is 1.03 bits per heavy atom. The Bertz CT molecular complexity index is 946. The van der Waals surface area contributed by atoms with E-state index < -0.39 is 8.32 Å². The van der Waals surface area contributed by atoms with Gasteiger partial charge in [-0.3, -0.25) is 4.79 Å². The Kier molecular flexibility index (Phi) is 9.70. The molecule has 2 aromatic carbocycles. The third-order valence-corrected chi connectivity index (χ3v) is 11.2. The molecule has 0 heterocycles. The van der Waals surface area contributed by atoms with Crippen LogP contribution in [0.3, 0.4) is 0 Å². The van der Waals surface area contributed by atoms with E-state index in [1.165, 1.54) is 6.07 Å². The Balaban J connectivity index is 2.20. The van der Waals surface area contributed by atoms with Gasteiger partial charge in [0.1, 0.15) is 17.3 Å². The van der Waals surface area contributed by atoms with Gasteiger partial charge in [0.15, 0.2) is 8.32 Å². The second-order valence-electron chi connectivity index (χ2n) is 10.1. The molecular formula is C27H40FNO4Si. The number of carbonyl (C=O) groups excluding carboxylic acids is 1. The molecule has 0 aliphatic carbocycles. The van der Waals surface area contributed by atoms with Crippen molar-refractivity contribution in [1.82, 2.24) is 4.90 Å². The molecule has 34 heavy (non-hydrogen) atoms. The molecule has 0 aromatic heterocycles. The van der Waals surface area contributed by atoms with Gasteiger partial charge >= 0.3 is 0 Å². The van der Waals surface area contributed by atoms with Crippen molar-refractivity contribution in [2.24, 2.45) is 0 Å². The molecule has 0 radical (unpaired) electrons. The number of aryl methyl sites for hydroxylation is 1. The lowest BCUT2D eigenvalue weighted by molar-refractivity contribution is 0.0722. The molecule has 0 saturated heterocycles. The van der Waals surface area contributed by atoms with Crippen LogP contribution in [0.5, 0.6) is 11.5 Å². The fourth-order valence-corrected chi connectivity index (χ4v) is 4.54. The maximum atomic E-state index is 13.6. The minimum Gasteiger partial charge on any atom is -0.496 e. The molecule has 2 rings (SSSR count). The highest BCUT2D eigenvalue weighted by Gasteiger charge is 2.37. The van der Waals surface area contributed by atoms with Crippen molar-refractivity contribution in [1.29, 1.82) is 0 Å². The fourth-order valence-electron chi connectivity index (χ4n) is 3.50. The lowest BCUT2D eigenvalue weighted by atomic mass is 10.1. The van der Waals surface area contributed by atoms with Crippen LogP contribution in [0.15, 0.2) is 36.4 Å². The predicted octanol–water partition coefficient (Wildman–Crippen LogP) is 6.25. The Hall–Kier alpha value is -2.38. The minimum atomic E-state index is -1.93. The molecule has 0 saturated carbocycles. The molecule has 0 unspecified atom stereocenters.